The molecule has 0 bridgehead atoms. The van der Waals surface area contributed by atoms with Gasteiger partial charge in [-0.1, -0.05) is 30.9 Å². The summed E-state index contributed by atoms with van der Waals surface area (Å²) in [4.78, 5) is 0. The Kier molecular flexibility index (Phi) is 6.66. The lowest BCUT2D eigenvalue weighted by Gasteiger charge is -2.27. The summed E-state index contributed by atoms with van der Waals surface area (Å²) >= 11 is -1.37. The highest BCUT2D eigenvalue weighted by molar-refractivity contribution is 7.90. The Bertz CT molecular complexity index is 548. The standard InChI is InChI=1S/C17H24FNO2S/c1-6-15(12(2)20)13-8-7-9-14(10-13)16(11-18)19-22(21)17(3,4)5/h6-10,16,19-20H,1,11H2,2-5H3/b15-12-/t16?,22-/m1/s1. The van der Waals surface area contributed by atoms with E-state index in [2.05, 4.69) is 11.3 Å². The Labute approximate surface area is 135 Å². The molecule has 0 saturated heterocycles. The highest BCUT2D eigenvalue weighted by atomic mass is 32.2. The van der Waals surface area contributed by atoms with E-state index < -0.39 is 28.8 Å². The maximum Gasteiger partial charge on any atom is 0.136 e. The quantitative estimate of drug-likeness (QED) is 0.468. The van der Waals surface area contributed by atoms with E-state index in [1.165, 1.54) is 0 Å². The lowest BCUT2D eigenvalue weighted by molar-refractivity contribution is 0.409. The van der Waals surface area contributed by atoms with Crippen LogP contribution < -0.4 is 4.72 Å². The van der Waals surface area contributed by atoms with E-state index in [1.807, 2.05) is 26.8 Å². The minimum atomic E-state index is -1.37. The Morgan fingerprint density at radius 2 is 2.14 bits per heavy atom. The molecular formula is C17H24FNO2S. The van der Waals surface area contributed by atoms with Gasteiger partial charge in [-0.15, -0.1) is 4.72 Å². The monoisotopic (exact) mass is 325 g/mol. The van der Waals surface area contributed by atoms with Crippen LogP contribution in [0, 0.1) is 0 Å². The predicted molar refractivity (Wildman–Crippen MR) is 91.6 cm³/mol. The average molecular weight is 325 g/mol. The van der Waals surface area contributed by atoms with Gasteiger partial charge in [0.25, 0.3) is 0 Å². The number of hydrogen-bond acceptors (Lipinski definition) is 3. The van der Waals surface area contributed by atoms with Crippen LogP contribution in [0.2, 0.25) is 0 Å². The molecule has 22 heavy (non-hydrogen) atoms. The zero-order valence-corrected chi connectivity index (χ0v) is 14.3. The first-order chi connectivity index (χ1) is 10.2. The number of nitrogens with one attached hydrogen (secondary N) is 1. The molecule has 1 unspecified atom stereocenters. The van der Waals surface area contributed by atoms with Crippen LogP contribution in [0.25, 0.3) is 5.57 Å². The van der Waals surface area contributed by atoms with E-state index in [-0.39, 0.29) is 5.76 Å². The Balaban J connectivity index is 3.09. The molecule has 0 aromatic heterocycles. The largest absolute Gasteiger partial charge is 0.598 e. The van der Waals surface area contributed by atoms with Crippen molar-refractivity contribution in [3.63, 3.8) is 0 Å². The third kappa shape index (κ3) is 4.87. The van der Waals surface area contributed by atoms with Crippen LogP contribution in [0.15, 0.2) is 42.7 Å². The summed E-state index contributed by atoms with van der Waals surface area (Å²) in [6.07, 6.45) is 1.56. The third-order valence-corrected chi connectivity index (χ3v) is 4.76. The first-order valence-corrected chi connectivity index (χ1v) is 8.22. The fourth-order valence-corrected chi connectivity index (χ4v) is 2.70. The number of hydrogen-bond donors (Lipinski definition) is 2. The fourth-order valence-electron chi connectivity index (χ4n) is 1.89. The molecule has 0 spiro atoms. The van der Waals surface area contributed by atoms with Gasteiger partial charge in [-0.3, -0.25) is 0 Å². The van der Waals surface area contributed by atoms with Crippen molar-refractivity contribution in [2.75, 3.05) is 6.67 Å². The third-order valence-electron chi connectivity index (χ3n) is 3.15. The highest BCUT2D eigenvalue weighted by Gasteiger charge is 2.30. The second-order valence-corrected chi connectivity index (χ2v) is 8.03. The summed E-state index contributed by atoms with van der Waals surface area (Å²) in [7, 11) is 0. The fraction of sp³-hybridized carbons (Fsp3) is 0.412. The first-order valence-electron chi connectivity index (χ1n) is 7.07. The van der Waals surface area contributed by atoms with E-state index in [0.29, 0.717) is 11.1 Å². The summed E-state index contributed by atoms with van der Waals surface area (Å²) in [5.41, 5.74) is 2.02. The van der Waals surface area contributed by atoms with Crippen molar-refractivity contribution in [2.24, 2.45) is 0 Å². The van der Waals surface area contributed by atoms with Crippen LogP contribution in [-0.2, 0) is 11.4 Å². The van der Waals surface area contributed by atoms with Crippen molar-refractivity contribution in [1.29, 1.82) is 0 Å². The minimum absolute atomic E-state index is 0.148. The number of alkyl halides is 1. The van der Waals surface area contributed by atoms with E-state index in [1.54, 1.807) is 31.2 Å². The molecular weight excluding hydrogens is 301 g/mol. The number of allylic oxidation sites excluding steroid dienone is 3. The zero-order chi connectivity index (χ0) is 16.9. The van der Waals surface area contributed by atoms with Gasteiger partial charge in [0, 0.05) is 16.9 Å². The molecule has 0 aliphatic heterocycles. The van der Waals surface area contributed by atoms with E-state index in [4.69, 9.17) is 0 Å². The smallest absolute Gasteiger partial charge is 0.136 e. The number of rotatable bonds is 6. The first kappa shape index (κ1) is 18.7. The van der Waals surface area contributed by atoms with E-state index in [0.717, 1.165) is 5.56 Å². The maximum absolute atomic E-state index is 13.4. The van der Waals surface area contributed by atoms with Crippen LogP contribution in [0.4, 0.5) is 4.39 Å². The van der Waals surface area contributed by atoms with Gasteiger partial charge in [0.15, 0.2) is 0 Å². The molecule has 0 aliphatic rings. The number of benzene rings is 1. The van der Waals surface area contributed by atoms with Crippen molar-refractivity contribution in [2.45, 2.75) is 38.5 Å². The summed E-state index contributed by atoms with van der Waals surface area (Å²) < 4.78 is 27.9. The molecule has 3 nitrogen and oxygen atoms in total. The summed E-state index contributed by atoms with van der Waals surface area (Å²) in [6.45, 7) is 10.1. The van der Waals surface area contributed by atoms with Gasteiger partial charge in [0.2, 0.25) is 0 Å². The number of aliphatic hydroxyl groups is 1. The predicted octanol–water partition coefficient (Wildman–Crippen LogP) is 4.22. The van der Waals surface area contributed by atoms with E-state index >= 15 is 0 Å². The molecule has 0 heterocycles. The molecule has 1 aromatic carbocycles. The van der Waals surface area contributed by atoms with Gasteiger partial charge in [0.05, 0.1) is 5.76 Å². The van der Waals surface area contributed by atoms with Crippen LogP contribution in [0.5, 0.6) is 0 Å². The topological polar surface area (TPSA) is 55.3 Å². The number of halogens is 1. The second-order valence-electron chi connectivity index (χ2n) is 6.03. The van der Waals surface area contributed by atoms with Crippen LogP contribution in [0.3, 0.4) is 0 Å². The lowest BCUT2D eigenvalue weighted by atomic mass is 9.99. The highest BCUT2D eigenvalue weighted by Crippen LogP contribution is 2.25. The summed E-state index contributed by atoms with van der Waals surface area (Å²) in [6, 6.07) is 6.48. The van der Waals surface area contributed by atoms with Gasteiger partial charge in [0.1, 0.15) is 17.5 Å². The van der Waals surface area contributed by atoms with Crippen molar-refractivity contribution in [1.82, 2.24) is 4.72 Å². The zero-order valence-electron chi connectivity index (χ0n) is 13.5. The van der Waals surface area contributed by atoms with Crippen molar-refractivity contribution >= 4 is 16.9 Å². The Morgan fingerprint density at radius 1 is 1.50 bits per heavy atom. The number of aliphatic hydroxyl groups excluding tert-OH is 1. The lowest BCUT2D eigenvalue weighted by Crippen LogP contribution is -2.41. The SMILES string of the molecule is C=C/C(=C(\C)O)c1cccc(C(CF)N[S@+]([O-])C(C)(C)C)c1. The molecule has 0 fully saturated rings. The van der Waals surface area contributed by atoms with Crippen molar-refractivity contribution in [3.8, 4) is 0 Å². The van der Waals surface area contributed by atoms with Crippen LogP contribution in [-0.4, -0.2) is 21.1 Å². The molecule has 1 rings (SSSR count). The van der Waals surface area contributed by atoms with Gasteiger partial charge in [-0.25, -0.2) is 4.39 Å². The van der Waals surface area contributed by atoms with E-state index in [9.17, 15) is 14.0 Å². The van der Waals surface area contributed by atoms with Gasteiger partial charge in [-0.05, 0) is 44.9 Å². The molecule has 0 saturated carbocycles. The molecule has 2 N–H and O–H groups in total. The molecule has 2 atom stereocenters. The van der Waals surface area contributed by atoms with Crippen LogP contribution in [0.1, 0.15) is 44.9 Å². The van der Waals surface area contributed by atoms with Gasteiger partial charge < -0.3 is 9.66 Å². The molecule has 0 amide bonds. The maximum atomic E-state index is 13.4. The van der Waals surface area contributed by atoms with Gasteiger partial charge >= 0.3 is 0 Å². The molecule has 0 radical (unpaired) electrons. The molecule has 0 aliphatic carbocycles. The van der Waals surface area contributed by atoms with Gasteiger partial charge in [-0.2, -0.15) is 0 Å². The normalized spacial score (nSPS) is 15.9. The molecule has 1 aromatic rings. The van der Waals surface area contributed by atoms with Crippen molar-refractivity contribution in [3.05, 3.63) is 53.8 Å². The Hall–Kier alpha value is -1.30. The van der Waals surface area contributed by atoms with Crippen molar-refractivity contribution < 1.29 is 14.0 Å². The molecule has 5 heteroatoms. The second kappa shape index (κ2) is 7.81. The minimum Gasteiger partial charge on any atom is -0.598 e. The Morgan fingerprint density at radius 3 is 2.59 bits per heavy atom. The summed E-state index contributed by atoms with van der Waals surface area (Å²) in [5, 5.41) is 9.67. The molecule has 122 valence electrons. The summed E-state index contributed by atoms with van der Waals surface area (Å²) in [5.74, 6) is 0.148. The van der Waals surface area contributed by atoms with Crippen LogP contribution >= 0.6 is 0 Å². The average Bonchev–Trinajstić information content (AvgIpc) is 2.44.